The summed E-state index contributed by atoms with van der Waals surface area (Å²) >= 11 is 0. The maximum atomic E-state index is 4.66. The number of imidazole rings is 1. The maximum absolute atomic E-state index is 4.66. The number of aromatic nitrogens is 2. The first-order valence-electron chi connectivity index (χ1n) is 5.30. The molecular weight excluding hydrogens is 172 g/mol. The van der Waals surface area contributed by atoms with E-state index in [4.69, 9.17) is 0 Å². The average Bonchev–Trinajstić information content (AvgIpc) is 2.56. The predicted molar refractivity (Wildman–Crippen MR) is 57.4 cm³/mol. The van der Waals surface area contributed by atoms with E-state index in [2.05, 4.69) is 34.7 Å². The van der Waals surface area contributed by atoms with Gasteiger partial charge in [-0.05, 0) is 37.5 Å². The third-order valence-electron chi connectivity index (χ3n) is 3.01. The molecule has 3 rings (SSSR count). The van der Waals surface area contributed by atoms with Crippen LogP contribution in [0.2, 0.25) is 0 Å². The van der Waals surface area contributed by atoms with Gasteiger partial charge in [-0.1, -0.05) is 6.07 Å². The lowest BCUT2D eigenvalue weighted by Gasteiger charge is -2.13. The highest BCUT2D eigenvalue weighted by Gasteiger charge is 2.13. The highest BCUT2D eigenvalue weighted by atomic mass is 15.1. The van der Waals surface area contributed by atoms with Crippen LogP contribution in [0.3, 0.4) is 0 Å². The molecule has 1 aliphatic rings. The second-order valence-electron chi connectivity index (χ2n) is 4.13. The van der Waals surface area contributed by atoms with Gasteiger partial charge in [-0.25, -0.2) is 4.98 Å². The van der Waals surface area contributed by atoms with Gasteiger partial charge in [-0.15, -0.1) is 0 Å². The number of nitrogens with zero attached hydrogens (tertiary/aromatic N) is 2. The molecule has 72 valence electrons. The molecule has 1 aliphatic heterocycles. The van der Waals surface area contributed by atoms with Gasteiger partial charge in [0.1, 0.15) is 5.82 Å². The van der Waals surface area contributed by atoms with Crippen molar-refractivity contribution in [2.24, 2.45) is 0 Å². The minimum Gasteiger partial charge on any atom is -0.328 e. The molecule has 0 unspecified atom stereocenters. The van der Waals surface area contributed by atoms with Gasteiger partial charge in [-0.3, -0.25) is 0 Å². The molecule has 0 radical (unpaired) electrons. The van der Waals surface area contributed by atoms with Crippen molar-refractivity contribution >= 4 is 11.0 Å². The molecule has 0 atom stereocenters. The van der Waals surface area contributed by atoms with E-state index in [-0.39, 0.29) is 0 Å². The maximum Gasteiger partial charge on any atom is 0.109 e. The third kappa shape index (κ3) is 1.07. The number of hydrogen-bond donors (Lipinski definition) is 0. The molecule has 0 spiro atoms. The summed E-state index contributed by atoms with van der Waals surface area (Å²) in [4.78, 5) is 4.66. The van der Waals surface area contributed by atoms with Crippen LogP contribution in [-0.2, 0) is 13.0 Å². The summed E-state index contributed by atoms with van der Waals surface area (Å²) in [6, 6.07) is 6.52. The number of hydrogen-bond acceptors (Lipinski definition) is 1. The second kappa shape index (κ2) is 2.84. The molecule has 2 heterocycles. The molecule has 0 amide bonds. The summed E-state index contributed by atoms with van der Waals surface area (Å²) in [5.74, 6) is 1.27. The Hall–Kier alpha value is -1.31. The quantitative estimate of drug-likeness (QED) is 0.618. The van der Waals surface area contributed by atoms with Gasteiger partial charge in [0, 0.05) is 13.0 Å². The zero-order valence-electron chi connectivity index (χ0n) is 8.45. The van der Waals surface area contributed by atoms with Gasteiger partial charge < -0.3 is 4.57 Å². The normalized spacial score (nSPS) is 15.8. The SMILES string of the molecule is Cc1ccc2nc3n(c2c1)CCCC3. The van der Waals surface area contributed by atoms with E-state index < -0.39 is 0 Å². The Morgan fingerprint density at radius 2 is 2.21 bits per heavy atom. The molecular formula is C12H14N2. The van der Waals surface area contributed by atoms with Crippen molar-refractivity contribution in [3.8, 4) is 0 Å². The fourth-order valence-corrected chi connectivity index (χ4v) is 2.28. The van der Waals surface area contributed by atoms with Crippen molar-refractivity contribution in [2.45, 2.75) is 32.7 Å². The van der Waals surface area contributed by atoms with Gasteiger partial charge in [0.2, 0.25) is 0 Å². The minimum atomic E-state index is 1.15. The van der Waals surface area contributed by atoms with Gasteiger partial charge >= 0.3 is 0 Å². The standard InChI is InChI=1S/C12H14N2/c1-9-5-6-10-11(8-9)14-7-3-2-4-12(14)13-10/h5-6,8H,2-4,7H2,1H3. The molecule has 0 aliphatic carbocycles. The Kier molecular flexibility index (Phi) is 1.63. The third-order valence-corrected chi connectivity index (χ3v) is 3.01. The Morgan fingerprint density at radius 1 is 1.29 bits per heavy atom. The highest BCUT2D eigenvalue weighted by Crippen LogP contribution is 2.22. The highest BCUT2D eigenvalue weighted by molar-refractivity contribution is 5.77. The Labute approximate surface area is 83.6 Å². The molecule has 0 fully saturated rings. The molecule has 2 aromatic rings. The summed E-state index contributed by atoms with van der Waals surface area (Å²) in [6.45, 7) is 3.29. The van der Waals surface area contributed by atoms with Crippen molar-refractivity contribution in [1.29, 1.82) is 0 Å². The van der Waals surface area contributed by atoms with E-state index in [1.54, 1.807) is 0 Å². The minimum absolute atomic E-state index is 1.15. The summed E-state index contributed by atoms with van der Waals surface area (Å²) in [5.41, 5.74) is 3.80. The monoisotopic (exact) mass is 186 g/mol. The van der Waals surface area contributed by atoms with E-state index in [0.29, 0.717) is 0 Å². The number of aryl methyl sites for hydroxylation is 3. The average molecular weight is 186 g/mol. The lowest BCUT2D eigenvalue weighted by molar-refractivity contribution is 0.533. The summed E-state index contributed by atoms with van der Waals surface area (Å²) in [5, 5.41) is 0. The van der Waals surface area contributed by atoms with Gasteiger partial charge in [0.05, 0.1) is 11.0 Å². The Morgan fingerprint density at radius 3 is 3.14 bits per heavy atom. The first-order valence-corrected chi connectivity index (χ1v) is 5.30. The van der Waals surface area contributed by atoms with Crippen LogP contribution in [0, 0.1) is 6.92 Å². The van der Waals surface area contributed by atoms with Crippen molar-refractivity contribution < 1.29 is 0 Å². The first kappa shape index (κ1) is 8.04. The Bertz CT molecular complexity index is 482. The molecule has 2 heteroatoms. The molecule has 1 aromatic heterocycles. The number of rotatable bonds is 0. The van der Waals surface area contributed by atoms with E-state index in [9.17, 15) is 0 Å². The van der Waals surface area contributed by atoms with Crippen LogP contribution in [0.15, 0.2) is 18.2 Å². The van der Waals surface area contributed by atoms with Crippen LogP contribution >= 0.6 is 0 Å². The van der Waals surface area contributed by atoms with Crippen LogP contribution in [-0.4, -0.2) is 9.55 Å². The van der Waals surface area contributed by atoms with Crippen molar-refractivity contribution in [2.75, 3.05) is 0 Å². The first-order chi connectivity index (χ1) is 6.84. The van der Waals surface area contributed by atoms with Gasteiger partial charge in [-0.2, -0.15) is 0 Å². The van der Waals surface area contributed by atoms with Crippen molar-refractivity contribution in [3.05, 3.63) is 29.6 Å². The fourth-order valence-electron chi connectivity index (χ4n) is 2.28. The molecule has 0 saturated heterocycles. The van der Waals surface area contributed by atoms with Crippen LogP contribution < -0.4 is 0 Å². The van der Waals surface area contributed by atoms with Crippen molar-refractivity contribution in [3.63, 3.8) is 0 Å². The molecule has 14 heavy (non-hydrogen) atoms. The zero-order chi connectivity index (χ0) is 9.54. The molecule has 1 aromatic carbocycles. The molecule has 0 bridgehead atoms. The second-order valence-corrected chi connectivity index (χ2v) is 4.13. The van der Waals surface area contributed by atoms with E-state index in [1.807, 2.05) is 0 Å². The summed E-state index contributed by atoms with van der Waals surface area (Å²) < 4.78 is 2.38. The molecule has 0 saturated carbocycles. The van der Waals surface area contributed by atoms with Gasteiger partial charge in [0.25, 0.3) is 0 Å². The largest absolute Gasteiger partial charge is 0.328 e. The molecule has 2 nitrogen and oxygen atoms in total. The fraction of sp³-hybridized carbons (Fsp3) is 0.417. The number of fused-ring (bicyclic) bond motifs is 3. The van der Waals surface area contributed by atoms with Crippen molar-refractivity contribution in [1.82, 2.24) is 9.55 Å². The van der Waals surface area contributed by atoms with Crippen LogP contribution in [0.1, 0.15) is 24.2 Å². The zero-order valence-corrected chi connectivity index (χ0v) is 8.45. The van der Waals surface area contributed by atoms with E-state index in [1.165, 1.54) is 29.7 Å². The van der Waals surface area contributed by atoms with Gasteiger partial charge in [0.15, 0.2) is 0 Å². The molecule has 0 N–H and O–H groups in total. The lowest BCUT2D eigenvalue weighted by Crippen LogP contribution is -2.09. The number of benzene rings is 1. The van der Waals surface area contributed by atoms with E-state index in [0.717, 1.165) is 18.5 Å². The summed E-state index contributed by atoms with van der Waals surface area (Å²) in [6.07, 6.45) is 3.74. The van der Waals surface area contributed by atoms with Crippen LogP contribution in [0.5, 0.6) is 0 Å². The Balaban J connectivity index is 2.32. The predicted octanol–water partition coefficient (Wildman–Crippen LogP) is 2.68. The van der Waals surface area contributed by atoms with Crippen LogP contribution in [0.4, 0.5) is 0 Å². The summed E-state index contributed by atoms with van der Waals surface area (Å²) in [7, 11) is 0. The lowest BCUT2D eigenvalue weighted by atomic mass is 10.1. The van der Waals surface area contributed by atoms with E-state index >= 15 is 0 Å². The van der Waals surface area contributed by atoms with Crippen LogP contribution in [0.25, 0.3) is 11.0 Å². The topological polar surface area (TPSA) is 17.8 Å². The smallest absolute Gasteiger partial charge is 0.109 e.